The van der Waals surface area contributed by atoms with E-state index in [2.05, 4.69) is 33.0 Å². The van der Waals surface area contributed by atoms with Gasteiger partial charge in [-0.15, -0.1) is 0 Å². The van der Waals surface area contributed by atoms with Crippen LogP contribution in [0.1, 0.15) is 111 Å². The Morgan fingerprint density at radius 1 is 0.667 bits per heavy atom. The van der Waals surface area contributed by atoms with Crippen LogP contribution < -0.4 is 5.32 Å². The van der Waals surface area contributed by atoms with Crippen LogP contribution in [0.3, 0.4) is 0 Å². The maximum absolute atomic E-state index is 11.7. The summed E-state index contributed by atoms with van der Waals surface area (Å²) in [6, 6.07) is 0. The molecule has 0 saturated heterocycles. The number of hydrogen-bond donors (Lipinski definition) is 1. The van der Waals surface area contributed by atoms with Gasteiger partial charge in [-0.05, 0) is 24.8 Å². The summed E-state index contributed by atoms with van der Waals surface area (Å²) in [5.41, 5.74) is 0. The van der Waals surface area contributed by atoms with Crippen molar-refractivity contribution in [1.82, 2.24) is 5.32 Å². The molecule has 144 valence electrons. The zero-order valence-corrected chi connectivity index (χ0v) is 17.2. The Bertz CT molecular complexity index is 273. The van der Waals surface area contributed by atoms with E-state index in [9.17, 15) is 4.79 Å². The van der Waals surface area contributed by atoms with Gasteiger partial charge in [0.2, 0.25) is 0 Å². The third kappa shape index (κ3) is 19.7. The van der Waals surface area contributed by atoms with Crippen molar-refractivity contribution in [3.63, 3.8) is 0 Å². The lowest BCUT2D eigenvalue weighted by molar-refractivity contribution is -0.118. The molecule has 2 nitrogen and oxygen atoms in total. The fraction of sp³-hybridized carbons (Fsp3) is 0.955. The minimum Gasteiger partial charge on any atom is -0.310 e. The first kappa shape index (κ1) is 23.6. The van der Waals surface area contributed by atoms with Crippen LogP contribution in [0.4, 0.5) is 0 Å². The average Bonchev–Trinajstić information content (AvgIpc) is 2.51. The van der Waals surface area contributed by atoms with Gasteiger partial charge in [0, 0.05) is 6.42 Å². The molecule has 0 aromatic rings. The molecule has 0 fully saturated rings. The van der Waals surface area contributed by atoms with Gasteiger partial charge >= 0.3 is 0 Å². The Morgan fingerprint density at radius 3 is 1.58 bits per heavy atom. The van der Waals surface area contributed by atoms with E-state index in [1.807, 2.05) is 0 Å². The molecule has 0 atom stereocenters. The number of Topliss-reactive ketones (excluding diaryl/α,β-unsaturated/α-hetero) is 1. The molecule has 0 aliphatic heterocycles. The number of ketones is 1. The summed E-state index contributed by atoms with van der Waals surface area (Å²) >= 11 is 0. The van der Waals surface area contributed by atoms with E-state index < -0.39 is 0 Å². The zero-order chi connectivity index (χ0) is 18.0. The van der Waals surface area contributed by atoms with E-state index in [1.54, 1.807) is 0 Å². The molecule has 0 aliphatic rings. The molecule has 1 N–H and O–H groups in total. The van der Waals surface area contributed by atoms with Gasteiger partial charge < -0.3 is 5.32 Å². The molecule has 0 aromatic heterocycles. The molecule has 0 spiro atoms. The van der Waals surface area contributed by atoms with E-state index in [4.69, 9.17) is 0 Å². The second-order valence-corrected chi connectivity index (χ2v) is 8.39. The molecule has 0 aliphatic carbocycles. The van der Waals surface area contributed by atoms with Crippen molar-refractivity contribution in [2.45, 2.75) is 111 Å². The van der Waals surface area contributed by atoms with Crippen LogP contribution >= 0.6 is 0 Å². The average molecular weight is 340 g/mol. The van der Waals surface area contributed by atoms with Crippen molar-refractivity contribution in [3.05, 3.63) is 0 Å². The van der Waals surface area contributed by atoms with Crippen LogP contribution in [0.2, 0.25) is 0 Å². The minimum absolute atomic E-state index is 0.383. The molecular weight excluding hydrogens is 294 g/mol. The van der Waals surface area contributed by atoms with Crippen LogP contribution in [0.25, 0.3) is 0 Å². The van der Waals surface area contributed by atoms with Crippen LogP contribution in [0.15, 0.2) is 0 Å². The van der Waals surface area contributed by atoms with Crippen molar-refractivity contribution in [3.8, 4) is 0 Å². The summed E-state index contributed by atoms with van der Waals surface area (Å²) in [6.07, 6.45) is 17.0. The van der Waals surface area contributed by atoms with Gasteiger partial charge in [-0.2, -0.15) is 0 Å². The Morgan fingerprint density at radius 2 is 1.12 bits per heavy atom. The largest absolute Gasteiger partial charge is 0.310 e. The SMILES string of the molecule is CC(C)CCCCCCCCCCCCCC(=O)CNCC(C)C. The number of carbonyl (C=O) groups is 1. The van der Waals surface area contributed by atoms with Crippen LogP contribution in [0.5, 0.6) is 0 Å². The van der Waals surface area contributed by atoms with Crippen molar-refractivity contribution in [2.24, 2.45) is 11.8 Å². The molecule has 0 saturated carbocycles. The molecule has 24 heavy (non-hydrogen) atoms. The van der Waals surface area contributed by atoms with Gasteiger partial charge in [0.05, 0.1) is 6.54 Å². The molecule has 0 bridgehead atoms. The fourth-order valence-electron chi connectivity index (χ4n) is 3.05. The number of hydrogen-bond acceptors (Lipinski definition) is 2. The maximum Gasteiger partial charge on any atom is 0.146 e. The second-order valence-electron chi connectivity index (χ2n) is 8.39. The topological polar surface area (TPSA) is 29.1 Å². The van der Waals surface area contributed by atoms with Gasteiger partial charge in [-0.3, -0.25) is 4.79 Å². The van der Waals surface area contributed by atoms with E-state index in [0.717, 1.165) is 25.3 Å². The van der Waals surface area contributed by atoms with E-state index in [-0.39, 0.29) is 0 Å². The first-order valence-corrected chi connectivity index (χ1v) is 10.7. The van der Waals surface area contributed by atoms with Crippen molar-refractivity contribution in [1.29, 1.82) is 0 Å². The summed E-state index contributed by atoms with van der Waals surface area (Å²) in [6.45, 7) is 10.5. The molecule has 2 heteroatoms. The number of nitrogens with one attached hydrogen (secondary N) is 1. The minimum atomic E-state index is 0.383. The number of unbranched alkanes of at least 4 members (excludes halogenated alkanes) is 10. The van der Waals surface area contributed by atoms with Crippen molar-refractivity contribution in [2.75, 3.05) is 13.1 Å². The van der Waals surface area contributed by atoms with Crippen LogP contribution in [-0.4, -0.2) is 18.9 Å². The Labute approximate surface area is 152 Å². The normalized spacial score (nSPS) is 11.6. The highest BCUT2D eigenvalue weighted by Crippen LogP contribution is 2.14. The van der Waals surface area contributed by atoms with Gasteiger partial charge in [-0.25, -0.2) is 0 Å². The highest BCUT2D eigenvalue weighted by molar-refractivity contribution is 5.80. The van der Waals surface area contributed by atoms with Crippen LogP contribution in [-0.2, 0) is 4.79 Å². The first-order valence-electron chi connectivity index (χ1n) is 10.7. The third-order valence-corrected chi connectivity index (χ3v) is 4.61. The predicted octanol–water partition coefficient (Wildman–Crippen LogP) is 6.53. The molecule has 0 radical (unpaired) electrons. The summed E-state index contributed by atoms with van der Waals surface area (Å²) in [5, 5.41) is 3.23. The summed E-state index contributed by atoms with van der Waals surface area (Å²) in [4.78, 5) is 11.7. The monoisotopic (exact) mass is 339 g/mol. The standard InChI is InChI=1S/C22H45NO/c1-20(2)16-14-12-10-8-6-5-7-9-11-13-15-17-22(24)19-23-18-21(3)4/h20-21,23H,5-19H2,1-4H3. The van der Waals surface area contributed by atoms with E-state index >= 15 is 0 Å². The van der Waals surface area contributed by atoms with Crippen molar-refractivity contribution < 1.29 is 4.79 Å². The lowest BCUT2D eigenvalue weighted by Crippen LogP contribution is -2.26. The lowest BCUT2D eigenvalue weighted by atomic mass is 10.0. The first-order chi connectivity index (χ1) is 11.5. The fourth-order valence-corrected chi connectivity index (χ4v) is 3.05. The second kappa shape index (κ2) is 17.5. The van der Waals surface area contributed by atoms with Gasteiger partial charge in [0.15, 0.2) is 0 Å². The predicted molar refractivity (Wildman–Crippen MR) is 108 cm³/mol. The number of rotatable bonds is 18. The smallest absolute Gasteiger partial charge is 0.146 e. The Kier molecular flexibility index (Phi) is 17.2. The van der Waals surface area contributed by atoms with Gasteiger partial charge in [0.25, 0.3) is 0 Å². The lowest BCUT2D eigenvalue weighted by Gasteiger charge is -2.06. The van der Waals surface area contributed by atoms with Crippen LogP contribution in [0, 0.1) is 11.8 Å². The maximum atomic E-state index is 11.7. The molecule has 0 rings (SSSR count). The number of carbonyl (C=O) groups excluding carboxylic acids is 1. The molecule has 0 aromatic carbocycles. The highest BCUT2D eigenvalue weighted by atomic mass is 16.1. The summed E-state index contributed by atoms with van der Waals surface area (Å²) in [7, 11) is 0. The quantitative estimate of drug-likeness (QED) is 0.288. The van der Waals surface area contributed by atoms with E-state index in [0.29, 0.717) is 18.2 Å². The molecule has 0 amide bonds. The van der Waals surface area contributed by atoms with E-state index in [1.165, 1.54) is 70.6 Å². The molecule has 0 heterocycles. The third-order valence-electron chi connectivity index (χ3n) is 4.61. The molecular formula is C22H45NO. The zero-order valence-electron chi connectivity index (χ0n) is 17.2. The summed E-state index contributed by atoms with van der Waals surface area (Å²) in [5.74, 6) is 1.88. The molecule has 0 unspecified atom stereocenters. The van der Waals surface area contributed by atoms with Crippen molar-refractivity contribution >= 4 is 5.78 Å². The summed E-state index contributed by atoms with van der Waals surface area (Å²) < 4.78 is 0. The van der Waals surface area contributed by atoms with Gasteiger partial charge in [-0.1, -0.05) is 98.3 Å². The van der Waals surface area contributed by atoms with Gasteiger partial charge in [0.1, 0.15) is 5.78 Å². The highest BCUT2D eigenvalue weighted by Gasteiger charge is 2.02. The Hall–Kier alpha value is -0.370. The Balaban J connectivity index is 3.13.